The first-order valence-corrected chi connectivity index (χ1v) is 12.2. The first-order chi connectivity index (χ1) is 3.91. The third-order valence-corrected chi connectivity index (χ3v) is 0.379. The molecule has 0 aromatic carbocycles. The molecule has 4 heteroatoms. The van der Waals surface area contributed by atoms with Crippen molar-refractivity contribution in [3.63, 3.8) is 0 Å². The molecule has 1 nitrogen and oxygen atoms in total. The summed E-state index contributed by atoms with van der Waals surface area (Å²) in [6.45, 7) is 0. The minimum absolute atomic E-state index is 0.357. The summed E-state index contributed by atoms with van der Waals surface area (Å²) in [7, 11) is 0. The highest BCUT2D eigenvalue weighted by molar-refractivity contribution is 14.3. The SMILES string of the molecule is [I][Mg][I].[c]1ccco1. The van der Waals surface area contributed by atoms with Gasteiger partial charge in [-0.25, -0.2) is 0 Å². The van der Waals surface area contributed by atoms with Gasteiger partial charge in [0, 0.05) is 0 Å². The van der Waals surface area contributed by atoms with Crippen molar-refractivity contribution in [2.75, 3.05) is 0 Å². The van der Waals surface area contributed by atoms with Gasteiger partial charge in [-0.3, -0.25) is 37.7 Å². The van der Waals surface area contributed by atoms with Crippen molar-refractivity contribution < 1.29 is 4.42 Å². The van der Waals surface area contributed by atoms with Crippen molar-refractivity contribution in [2.24, 2.45) is 0 Å². The van der Waals surface area contributed by atoms with Crippen LogP contribution < -0.4 is 0 Å². The predicted molar refractivity (Wildman–Crippen MR) is 51.3 cm³/mol. The van der Waals surface area contributed by atoms with Crippen LogP contribution in [0, 0.1) is 6.26 Å². The fraction of sp³-hybridized carbons (Fsp3) is 0. The minimum Gasteiger partial charge on any atom is -0.461 e. The van der Waals surface area contributed by atoms with Crippen LogP contribution >= 0.6 is 37.7 Å². The average Bonchev–Trinajstić information content (AvgIpc) is 2.17. The lowest BCUT2D eigenvalue weighted by Gasteiger charge is -1.48. The molecule has 0 fully saturated rings. The summed E-state index contributed by atoms with van der Waals surface area (Å²) in [4.78, 5) is 0. The normalized spacial score (nSPS) is 6.25. The summed E-state index contributed by atoms with van der Waals surface area (Å²) in [6, 6.07) is 3.49. The number of rotatable bonds is 0. The second-order valence-electron chi connectivity index (χ2n) is 0.832. The van der Waals surface area contributed by atoms with E-state index in [4.69, 9.17) is 0 Å². The molecule has 0 aliphatic heterocycles. The van der Waals surface area contributed by atoms with Gasteiger partial charge in [0.1, 0.15) is 0 Å². The number of furan rings is 1. The maximum Gasteiger partial charge on any atom is 0.552 e. The smallest absolute Gasteiger partial charge is 0.461 e. The fourth-order valence-corrected chi connectivity index (χ4v) is 0.196. The van der Waals surface area contributed by atoms with Crippen LogP contribution in [0.15, 0.2) is 22.8 Å². The van der Waals surface area contributed by atoms with E-state index in [1.165, 1.54) is 0 Å². The van der Waals surface area contributed by atoms with E-state index in [2.05, 4.69) is 48.4 Å². The van der Waals surface area contributed by atoms with Crippen LogP contribution in [-0.2, 0) is 0 Å². The Labute approximate surface area is 78.1 Å². The zero-order chi connectivity index (χ0) is 6.24. The van der Waals surface area contributed by atoms with Crippen LogP contribution in [0.2, 0.25) is 0 Å². The van der Waals surface area contributed by atoms with Gasteiger partial charge < -0.3 is 4.42 Å². The van der Waals surface area contributed by atoms with Crippen molar-refractivity contribution in [1.82, 2.24) is 0 Å². The first-order valence-electron chi connectivity index (χ1n) is 1.93. The highest BCUT2D eigenvalue weighted by atomic mass is 127. The van der Waals surface area contributed by atoms with Gasteiger partial charge in [-0.15, -0.1) is 0 Å². The highest BCUT2D eigenvalue weighted by Crippen LogP contribution is 1.80. The largest absolute Gasteiger partial charge is 0.552 e. The summed E-state index contributed by atoms with van der Waals surface area (Å²) >= 11 is 5.18. The number of halogens is 2. The molecule has 0 aliphatic rings. The standard InChI is InChI=1S/C4H3O.2HI.Mg/c1-2-4-5-3-1;;;/h1-3H;2*1H;/q;;;+2/p-2. The number of hydrogen-bond donors (Lipinski definition) is 0. The van der Waals surface area contributed by atoms with Gasteiger partial charge in [0.25, 0.3) is 0 Å². The molecule has 1 aromatic heterocycles. The van der Waals surface area contributed by atoms with Crippen molar-refractivity contribution in [1.29, 1.82) is 0 Å². The third-order valence-electron chi connectivity index (χ3n) is 0.379. The van der Waals surface area contributed by atoms with Gasteiger partial charge in [0.15, 0.2) is 6.26 Å². The van der Waals surface area contributed by atoms with E-state index < -0.39 is 0 Å². The molecule has 0 aliphatic carbocycles. The summed E-state index contributed by atoms with van der Waals surface area (Å²) < 4.78 is 4.46. The van der Waals surface area contributed by atoms with Crippen molar-refractivity contribution >= 4 is 50.3 Å². The predicted octanol–water partition coefficient (Wildman–Crippen LogP) is 2.47. The van der Waals surface area contributed by atoms with E-state index in [0.717, 1.165) is 0 Å². The molecule has 1 rings (SSSR count). The summed E-state index contributed by atoms with van der Waals surface area (Å²) in [5, 5.41) is 0. The quantitative estimate of drug-likeness (QED) is 0.520. The molecule has 8 heavy (non-hydrogen) atoms. The van der Waals surface area contributed by atoms with Gasteiger partial charge in [-0.05, 0) is 12.1 Å². The van der Waals surface area contributed by atoms with Crippen LogP contribution in [0.4, 0.5) is 0 Å². The Morgan fingerprint density at radius 3 is 2.25 bits per heavy atom. The van der Waals surface area contributed by atoms with Crippen molar-refractivity contribution in [3.05, 3.63) is 24.7 Å². The Balaban J connectivity index is 0.000000145. The zero-order valence-corrected chi connectivity index (χ0v) is 9.83. The van der Waals surface area contributed by atoms with E-state index >= 15 is 0 Å². The molecule has 0 atom stereocenters. The van der Waals surface area contributed by atoms with Crippen molar-refractivity contribution in [3.8, 4) is 0 Å². The molecule has 1 heterocycles. The van der Waals surface area contributed by atoms with Gasteiger partial charge in [0.2, 0.25) is 0 Å². The molecule has 0 bridgehead atoms. The Hall–Kier alpha value is 1.51. The van der Waals surface area contributed by atoms with Gasteiger partial charge in [-0.2, -0.15) is 0 Å². The van der Waals surface area contributed by atoms with Crippen LogP contribution in [0.25, 0.3) is 0 Å². The molecule has 41 valence electrons. The Bertz CT molecular complexity index is 80.9. The Morgan fingerprint density at radius 2 is 2.12 bits per heavy atom. The molecule has 1 aromatic rings. The van der Waals surface area contributed by atoms with Crippen molar-refractivity contribution in [2.45, 2.75) is 0 Å². The average molecular weight is 345 g/mol. The van der Waals surface area contributed by atoms with Gasteiger partial charge >= 0.3 is 12.6 Å². The van der Waals surface area contributed by atoms with Crippen LogP contribution in [0.3, 0.4) is 0 Å². The first kappa shape index (κ1) is 9.51. The molecule has 0 N–H and O–H groups in total. The molecule has 0 saturated heterocycles. The molecule has 1 radical (unpaired) electrons. The molecular weight excluding hydrogens is 342 g/mol. The highest BCUT2D eigenvalue weighted by Gasteiger charge is 1.61. The van der Waals surface area contributed by atoms with E-state index in [-0.39, 0.29) is 0 Å². The summed E-state index contributed by atoms with van der Waals surface area (Å²) in [5.41, 5.74) is 0. The number of hydrogen-bond acceptors (Lipinski definition) is 1. The second kappa shape index (κ2) is 8.51. The Morgan fingerprint density at radius 1 is 1.50 bits per heavy atom. The molecule has 0 unspecified atom stereocenters. The molecular formula is C4H3I2MgO. The fourth-order valence-electron chi connectivity index (χ4n) is 0.196. The van der Waals surface area contributed by atoms with Gasteiger partial charge in [-0.1, -0.05) is 0 Å². The van der Waals surface area contributed by atoms with E-state index in [1.807, 2.05) is 0 Å². The zero-order valence-electron chi connectivity index (χ0n) is 4.10. The molecule has 0 saturated carbocycles. The van der Waals surface area contributed by atoms with E-state index in [0.29, 0.717) is 12.6 Å². The van der Waals surface area contributed by atoms with Crippen LogP contribution in [0.1, 0.15) is 0 Å². The lowest BCUT2D eigenvalue weighted by Crippen LogP contribution is -1.30. The lowest BCUT2D eigenvalue weighted by molar-refractivity contribution is 0.558. The lowest BCUT2D eigenvalue weighted by atomic mass is 10.7. The summed E-state index contributed by atoms with van der Waals surface area (Å²) in [6.07, 6.45) is 4.06. The van der Waals surface area contributed by atoms with E-state index in [9.17, 15) is 0 Å². The topological polar surface area (TPSA) is 13.1 Å². The van der Waals surface area contributed by atoms with Crippen LogP contribution in [0.5, 0.6) is 0 Å². The maximum absolute atomic E-state index is 4.46. The second-order valence-corrected chi connectivity index (χ2v) is 14.4. The minimum atomic E-state index is 0.357. The van der Waals surface area contributed by atoms with E-state index in [1.54, 1.807) is 18.4 Å². The maximum atomic E-state index is 4.46. The Kier molecular flexibility index (Phi) is 10.1. The molecule has 0 spiro atoms. The monoisotopic (exact) mass is 345 g/mol. The third kappa shape index (κ3) is 7.51. The summed E-state index contributed by atoms with van der Waals surface area (Å²) in [5.74, 6) is 0. The van der Waals surface area contributed by atoms with Crippen LogP contribution in [-0.4, -0.2) is 12.6 Å². The molecule has 0 amide bonds. The van der Waals surface area contributed by atoms with Gasteiger partial charge in [0.05, 0.1) is 6.26 Å².